The molecule has 0 aliphatic rings. The predicted octanol–water partition coefficient (Wildman–Crippen LogP) is 1.77. The van der Waals surface area contributed by atoms with Crippen LogP contribution in [0.3, 0.4) is 0 Å². The lowest BCUT2D eigenvalue weighted by atomic mass is 9.88. The monoisotopic (exact) mass is 248 g/mol. The number of hydrogen-bond donors (Lipinski definition) is 2. The van der Waals surface area contributed by atoms with Crippen molar-refractivity contribution < 1.29 is 9.53 Å². The number of esters is 1. The van der Waals surface area contributed by atoms with E-state index in [9.17, 15) is 9.59 Å². The lowest BCUT2D eigenvalue weighted by Gasteiger charge is -2.18. The van der Waals surface area contributed by atoms with Crippen LogP contribution >= 0.6 is 0 Å². The number of benzene rings is 1. The van der Waals surface area contributed by atoms with Gasteiger partial charge >= 0.3 is 11.7 Å². The Labute approximate surface area is 104 Å². The molecule has 1 aromatic heterocycles. The molecule has 0 bridgehead atoms. The molecule has 18 heavy (non-hydrogen) atoms. The summed E-state index contributed by atoms with van der Waals surface area (Å²) in [5.41, 5.74) is 2.03. The van der Waals surface area contributed by atoms with Crippen molar-refractivity contribution in [2.24, 2.45) is 5.92 Å². The Morgan fingerprint density at radius 3 is 2.50 bits per heavy atom. The van der Waals surface area contributed by atoms with Crippen molar-refractivity contribution in [2.45, 2.75) is 19.8 Å². The quantitative estimate of drug-likeness (QED) is 0.813. The first kappa shape index (κ1) is 12.4. The number of imidazole rings is 1. The molecule has 0 spiro atoms. The van der Waals surface area contributed by atoms with Crippen molar-refractivity contribution in [2.75, 3.05) is 7.11 Å². The van der Waals surface area contributed by atoms with Gasteiger partial charge in [0.2, 0.25) is 0 Å². The number of ether oxygens (including phenoxy) is 1. The molecule has 0 aliphatic heterocycles. The summed E-state index contributed by atoms with van der Waals surface area (Å²) in [5.74, 6) is -0.458. The molecule has 96 valence electrons. The lowest BCUT2D eigenvalue weighted by Crippen LogP contribution is -2.19. The molecule has 1 heterocycles. The van der Waals surface area contributed by atoms with Gasteiger partial charge in [0, 0.05) is 0 Å². The molecule has 1 aromatic carbocycles. The molecular formula is C13H16N2O3. The van der Waals surface area contributed by atoms with Crippen LogP contribution in [0.2, 0.25) is 0 Å². The molecule has 0 saturated carbocycles. The molecule has 0 amide bonds. The molecule has 2 N–H and O–H groups in total. The SMILES string of the molecule is COC(=O)C(c1ccc2[nH]c(=O)[nH]c2c1)C(C)C. The fourth-order valence-electron chi connectivity index (χ4n) is 2.16. The zero-order chi connectivity index (χ0) is 13.3. The van der Waals surface area contributed by atoms with Crippen molar-refractivity contribution in [3.8, 4) is 0 Å². The van der Waals surface area contributed by atoms with Crippen LogP contribution in [0.1, 0.15) is 25.3 Å². The highest BCUT2D eigenvalue weighted by Crippen LogP contribution is 2.27. The highest BCUT2D eigenvalue weighted by molar-refractivity contribution is 5.82. The number of aromatic nitrogens is 2. The molecule has 1 atom stereocenters. The van der Waals surface area contributed by atoms with Crippen LogP contribution in [0.5, 0.6) is 0 Å². The number of carbonyl (C=O) groups excluding carboxylic acids is 1. The maximum atomic E-state index is 11.8. The molecule has 2 rings (SSSR count). The zero-order valence-electron chi connectivity index (χ0n) is 10.6. The highest BCUT2D eigenvalue weighted by atomic mass is 16.5. The summed E-state index contributed by atoms with van der Waals surface area (Å²) in [7, 11) is 1.38. The number of methoxy groups -OCH3 is 1. The van der Waals surface area contributed by atoms with Crippen LogP contribution in [-0.4, -0.2) is 23.0 Å². The van der Waals surface area contributed by atoms with Crippen LogP contribution in [-0.2, 0) is 9.53 Å². The molecular weight excluding hydrogens is 232 g/mol. The van der Waals surface area contributed by atoms with E-state index in [-0.39, 0.29) is 23.5 Å². The topological polar surface area (TPSA) is 75.0 Å². The Bertz CT molecular complexity index is 624. The third kappa shape index (κ3) is 2.16. The first-order valence-corrected chi connectivity index (χ1v) is 5.82. The van der Waals surface area contributed by atoms with E-state index in [0.29, 0.717) is 5.52 Å². The van der Waals surface area contributed by atoms with E-state index < -0.39 is 0 Å². The molecule has 2 aromatic rings. The second kappa shape index (κ2) is 4.68. The third-order valence-corrected chi connectivity index (χ3v) is 3.02. The summed E-state index contributed by atoms with van der Waals surface area (Å²) >= 11 is 0. The summed E-state index contributed by atoms with van der Waals surface area (Å²) in [6.45, 7) is 3.93. The average Bonchev–Trinajstić information content (AvgIpc) is 2.68. The smallest absolute Gasteiger partial charge is 0.323 e. The number of H-pyrrole nitrogens is 2. The molecule has 0 saturated heterocycles. The average molecular weight is 248 g/mol. The Kier molecular flexibility index (Phi) is 3.23. The van der Waals surface area contributed by atoms with Gasteiger partial charge in [-0.15, -0.1) is 0 Å². The standard InChI is InChI=1S/C13H16N2O3/c1-7(2)11(12(16)18-3)8-4-5-9-10(6-8)15-13(17)14-9/h4-7,11H,1-3H3,(H2,14,15,17). The lowest BCUT2D eigenvalue weighted by molar-refractivity contribution is -0.143. The van der Waals surface area contributed by atoms with E-state index >= 15 is 0 Å². The number of hydrogen-bond acceptors (Lipinski definition) is 3. The van der Waals surface area contributed by atoms with E-state index in [2.05, 4.69) is 9.97 Å². The van der Waals surface area contributed by atoms with Crippen molar-refractivity contribution >= 4 is 17.0 Å². The minimum atomic E-state index is -0.321. The number of aromatic amines is 2. The minimum absolute atomic E-state index is 0.126. The van der Waals surface area contributed by atoms with Crippen molar-refractivity contribution in [3.05, 3.63) is 34.2 Å². The van der Waals surface area contributed by atoms with Gasteiger partial charge in [-0.1, -0.05) is 19.9 Å². The summed E-state index contributed by atoms with van der Waals surface area (Å²) in [6, 6.07) is 5.45. The highest BCUT2D eigenvalue weighted by Gasteiger charge is 2.25. The molecule has 0 radical (unpaired) electrons. The van der Waals surface area contributed by atoms with Crippen LogP contribution < -0.4 is 5.69 Å². The van der Waals surface area contributed by atoms with Gasteiger partial charge in [0.05, 0.1) is 24.1 Å². The van der Waals surface area contributed by atoms with Crippen LogP contribution in [0.25, 0.3) is 11.0 Å². The second-order valence-electron chi connectivity index (χ2n) is 4.63. The van der Waals surface area contributed by atoms with Gasteiger partial charge < -0.3 is 14.7 Å². The Morgan fingerprint density at radius 2 is 1.89 bits per heavy atom. The van der Waals surface area contributed by atoms with Gasteiger partial charge in [-0.25, -0.2) is 4.79 Å². The fourth-order valence-corrected chi connectivity index (χ4v) is 2.16. The van der Waals surface area contributed by atoms with Crippen molar-refractivity contribution in [1.82, 2.24) is 9.97 Å². The number of rotatable bonds is 3. The van der Waals surface area contributed by atoms with E-state index in [0.717, 1.165) is 11.1 Å². The maximum Gasteiger partial charge on any atom is 0.323 e. The van der Waals surface area contributed by atoms with Crippen LogP contribution in [0, 0.1) is 5.92 Å². The van der Waals surface area contributed by atoms with Crippen molar-refractivity contribution in [1.29, 1.82) is 0 Å². The number of fused-ring (bicyclic) bond motifs is 1. The van der Waals surface area contributed by atoms with Gasteiger partial charge in [-0.3, -0.25) is 4.79 Å². The van der Waals surface area contributed by atoms with Gasteiger partial charge in [0.15, 0.2) is 0 Å². The maximum absolute atomic E-state index is 11.8. The Balaban J connectivity index is 2.50. The summed E-state index contributed by atoms with van der Waals surface area (Å²) < 4.78 is 4.83. The van der Waals surface area contributed by atoms with Crippen LogP contribution in [0.4, 0.5) is 0 Å². The van der Waals surface area contributed by atoms with Gasteiger partial charge in [0.25, 0.3) is 0 Å². The van der Waals surface area contributed by atoms with Crippen LogP contribution in [0.15, 0.2) is 23.0 Å². The van der Waals surface area contributed by atoms with Crippen molar-refractivity contribution in [3.63, 3.8) is 0 Å². The largest absolute Gasteiger partial charge is 0.469 e. The first-order valence-electron chi connectivity index (χ1n) is 5.82. The first-order chi connectivity index (χ1) is 8.52. The Hall–Kier alpha value is -2.04. The Morgan fingerprint density at radius 1 is 1.22 bits per heavy atom. The zero-order valence-corrected chi connectivity index (χ0v) is 10.6. The van der Waals surface area contributed by atoms with Gasteiger partial charge in [-0.2, -0.15) is 0 Å². The van der Waals surface area contributed by atoms with E-state index in [1.807, 2.05) is 26.0 Å². The number of carbonyl (C=O) groups is 1. The normalized spacial score (nSPS) is 12.9. The fraction of sp³-hybridized carbons (Fsp3) is 0.385. The predicted molar refractivity (Wildman–Crippen MR) is 68.5 cm³/mol. The molecule has 1 unspecified atom stereocenters. The summed E-state index contributed by atoms with van der Waals surface area (Å²) in [4.78, 5) is 28.3. The molecule has 5 heteroatoms. The van der Waals surface area contributed by atoms with Gasteiger partial charge in [0.1, 0.15) is 0 Å². The molecule has 0 fully saturated rings. The van der Waals surface area contributed by atoms with E-state index in [1.54, 1.807) is 6.07 Å². The molecule has 0 aliphatic carbocycles. The minimum Gasteiger partial charge on any atom is -0.469 e. The summed E-state index contributed by atoms with van der Waals surface area (Å²) in [5, 5.41) is 0. The van der Waals surface area contributed by atoms with E-state index in [4.69, 9.17) is 4.74 Å². The van der Waals surface area contributed by atoms with Gasteiger partial charge in [-0.05, 0) is 23.6 Å². The summed E-state index contributed by atoms with van der Waals surface area (Å²) in [6.07, 6.45) is 0. The van der Waals surface area contributed by atoms with E-state index in [1.165, 1.54) is 7.11 Å². The second-order valence-corrected chi connectivity index (χ2v) is 4.63. The third-order valence-electron chi connectivity index (χ3n) is 3.02. The number of nitrogens with one attached hydrogen (secondary N) is 2. The molecule has 5 nitrogen and oxygen atoms in total.